The zero-order valence-corrected chi connectivity index (χ0v) is 17.5. The highest BCUT2D eigenvalue weighted by Crippen LogP contribution is 2.34. The number of fused-ring (bicyclic) bond motifs is 1. The van der Waals surface area contributed by atoms with Gasteiger partial charge in [0.05, 0.1) is 4.90 Å². The van der Waals surface area contributed by atoms with Crippen LogP contribution >= 0.6 is 0 Å². The Balaban J connectivity index is 1.76. The summed E-state index contributed by atoms with van der Waals surface area (Å²) >= 11 is 0. The minimum Gasteiger partial charge on any atom is -0.451 e. The van der Waals surface area contributed by atoms with E-state index in [2.05, 4.69) is 10.1 Å². The largest absolute Gasteiger partial charge is 0.451 e. The maximum absolute atomic E-state index is 13.5. The van der Waals surface area contributed by atoms with E-state index in [1.54, 1.807) is 45.0 Å². The number of nitrogens with zero attached hydrogens (tertiary/aromatic N) is 3. The van der Waals surface area contributed by atoms with Crippen molar-refractivity contribution in [1.29, 1.82) is 0 Å². The Bertz CT molecular complexity index is 1320. The van der Waals surface area contributed by atoms with Crippen molar-refractivity contribution in [3.05, 3.63) is 53.8 Å². The summed E-state index contributed by atoms with van der Waals surface area (Å²) in [6.45, 7) is 6.16. The summed E-state index contributed by atoms with van der Waals surface area (Å²) in [7, 11) is -3.60. The molecule has 0 saturated heterocycles. The highest BCUT2D eigenvalue weighted by atomic mass is 32.2. The van der Waals surface area contributed by atoms with Crippen molar-refractivity contribution in [3.63, 3.8) is 0 Å². The van der Waals surface area contributed by atoms with Crippen molar-refractivity contribution in [3.8, 4) is 23.0 Å². The average Bonchev–Trinajstić information content (AvgIpc) is 3.33. The number of aromatic nitrogens is 2. The van der Waals surface area contributed by atoms with Crippen LogP contribution in [0, 0.1) is 12.7 Å². The van der Waals surface area contributed by atoms with Gasteiger partial charge in [0.25, 0.3) is 5.89 Å². The van der Waals surface area contributed by atoms with Gasteiger partial charge in [-0.25, -0.2) is 12.8 Å². The molecule has 0 fully saturated rings. The molecule has 0 N–H and O–H groups in total. The van der Waals surface area contributed by atoms with E-state index in [1.165, 1.54) is 22.5 Å². The smallest absolute Gasteiger partial charge is 0.294 e. The van der Waals surface area contributed by atoms with Gasteiger partial charge in [-0.05, 0) is 37.3 Å². The van der Waals surface area contributed by atoms with Crippen molar-refractivity contribution >= 4 is 21.0 Å². The fourth-order valence-corrected chi connectivity index (χ4v) is 4.82. The van der Waals surface area contributed by atoms with Crippen molar-refractivity contribution in [2.75, 3.05) is 13.1 Å². The van der Waals surface area contributed by atoms with Crippen molar-refractivity contribution in [2.45, 2.75) is 25.7 Å². The molecule has 0 bridgehead atoms. The van der Waals surface area contributed by atoms with Gasteiger partial charge in [-0.2, -0.15) is 9.29 Å². The number of aryl methyl sites for hydroxylation is 1. The van der Waals surface area contributed by atoms with Gasteiger partial charge in [0.2, 0.25) is 15.8 Å². The van der Waals surface area contributed by atoms with Crippen molar-refractivity contribution < 1.29 is 21.7 Å². The molecular formula is C21H20FN3O4S. The van der Waals surface area contributed by atoms with Gasteiger partial charge in [0.15, 0.2) is 5.76 Å². The minimum absolute atomic E-state index is 0.135. The Labute approximate surface area is 173 Å². The molecule has 4 aromatic rings. The van der Waals surface area contributed by atoms with Crippen LogP contribution in [0.1, 0.15) is 19.4 Å². The van der Waals surface area contributed by atoms with E-state index >= 15 is 0 Å². The molecule has 4 rings (SSSR count). The standard InChI is InChI=1S/C21H20FN3O4S/c1-4-25(5-2)30(26,27)16-9-10-18-17(12-16)13(3)19(28-18)21-23-20(24-29-21)14-7-6-8-15(22)11-14/h6-12H,4-5H2,1-3H3. The lowest BCUT2D eigenvalue weighted by Gasteiger charge is -2.18. The van der Waals surface area contributed by atoms with Gasteiger partial charge in [-0.1, -0.05) is 31.1 Å². The maximum Gasteiger partial charge on any atom is 0.294 e. The van der Waals surface area contributed by atoms with Crippen molar-refractivity contribution in [2.24, 2.45) is 0 Å². The number of sulfonamides is 1. The van der Waals surface area contributed by atoms with Gasteiger partial charge in [0.1, 0.15) is 11.4 Å². The molecule has 0 aliphatic heterocycles. The number of rotatable bonds is 6. The number of hydrogen-bond acceptors (Lipinski definition) is 6. The first-order chi connectivity index (χ1) is 14.3. The molecule has 0 amide bonds. The third-order valence-electron chi connectivity index (χ3n) is 4.95. The highest BCUT2D eigenvalue weighted by molar-refractivity contribution is 7.89. The summed E-state index contributed by atoms with van der Waals surface area (Å²) in [6, 6.07) is 10.6. The zero-order valence-electron chi connectivity index (χ0n) is 16.7. The third-order valence-corrected chi connectivity index (χ3v) is 7.00. The van der Waals surface area contributed by atoms with E-state index in [1.807, 2.05) is 0 Å². The second-order valence-electron chi connectivity index (χ2n) is 6.74. The van der Waals surface area contributed by atoms with Crippen LogP contribution in [0.25, 0.3) is 34.0 Å². The van der Waals surface area contributed by atoms with Crippen LogP contribution in [0.4, 0.5) is 4.39 Å². The summed E-state index contributed by atoms with van der Waals surface area (Å²) in [5, 5.41) is 4.54. The fourth-order valence-electron chi connectivity index (χ4n) is 3.34. The van der Waals surface area contributed by atoms with Gasteiger partial charge < -0.3 is 8.94 Å². The molecule has 0 unspecified atom stereocenters. The van der Waals surface area contributed by atoms with Crippen LogP contribution in [-0.2, 0) is 10.0 Å². The molecule has 0 atom stereocenters. The lowest BCUT2D eigenvalue weighted by atomic mass is 10.1. The first-order valence-electron chi connectivity index (χ1n) is 9.48. The Kier molecular flexibility index (Phi) is 5.17. The maximum atomic E-state index is 13.5. The normalized spacial score (nSPS) is 12.2. The summed E-state index contributed by atoms with van der Waals surface area (Å²) in [4.78, 5) is 4.50. The van der Waals surface area contributed by atoms with E-state index in [-0.39, 0.29) is 16.6 Å². The summed E-state index contributed by atoms with van der Waals surface area (Å²) < 4.78 is 51.7. The molecule has 156 valence electrons. The molecule has 0 aliphatic carbocycles. The molecule has 0 radical (unpaired) electrons. The van der Waals surface area contributed by atoms with Crippen LogP contribution in [0.2, 0.25) is 0 Å². The lowest BCUT2D eigenvalue weighted by molar-refractivity contribution is 0.419. The number of benzene rings is 2. The molecule has 2 heterocycles. The predicted octanol–water partition coefficient (Wildman–Crippen LogP) is 4.63. The van der Waals surface area contributed by atoms with Gasteiger partial charge in [-0.15, -0.1) is 0 Å². The Morgan fingerprint density at radius 2 is 1.87 bits per heavy atom. The second-order valence-corrected chi connectivity index (χ2v) is 8.67. The quantitative estimate of drug-likeness (QED) is 0.444. The lowest BCUT2D eigenvalue weighted by Crippen LogP contribution is -2.30. The molecular weight excluding hydrogens is 409 g/mol. The average molecular weight is 429 g/mol. The minimum atomic E-state index is -3.60. The van der Waals surface area contributed by atoms with E-state index in [0.717, 1.165) is 0 Å². The van der Waals surface area contributed by atoms with Crippen LogP contribution in [0.3, 0.4) is 0 Å². The molecule has 30 heavy (non-hydrogen) atoms. The highest BCUT2D eigenvalue weighted by Gasteiger charge is 2.24. The number of halogens is 1. The molecule has 0 aliphatic rings. The fraction of sp³-hybridized carbons (Fsp3) is 0.238. The Morgan fingerprint density at radius 3 is 2.57 bits per heavy atom. The van der Waals surface area contributed by atoms with Gasteiger partial charge in [0, 0.05) is 29.6 Å². The first kappa shape index (κ1) is 20.2. The molecule has 2 aromatic heterocycles. The van der Waals surface area contributed by atoms with Crippen LogP contribution in [0.15, 0.2) is 56.3 Å². The summed E-state index contributed by atoms with van der Waals surface area (Å²) in [5.74, 6) is 0.309. The van der Waals surface area contributed by atoms with Crippen LogP contribution < -0.4 is 0 Å². The van der Waals surface area contributed by atoms with E-state index < -0.39 is 15.8 Å². The summed E-state index contributed by atoms with van der Waals surface area (Å²) in [5.41, 5.74) is 1.66. The SMILES string of the molecule is CCN(CC)S(=O)(=O)c1ccc2oc(-c3nc(-c4cccc(F)c4)no3)c(C)c2c1. The topological polar surface area (TPSA) is 89.4 Å². The molecule has 2 aromatic carbocycles. The van der Waals surface area contributed by atoms with E-state index in [4.69, 9.17) is 8.94 Å². The second kappa shape index (κ2) is 7.66. The Morgan fingerprint density at radius 1 is 1.10 bits per heavy atom. The van der Waals surface area contributed by atoms with Gasteiger partial charge in [-0.3, -0.25) is 0 Å². The Hall–Kier alpha value is -3.04. The van der Waals surface area contributed by atoms with E-state index in [9.17, 15) is 12.8 Å². The van der Waals surface area contributed by atoms with Crippen LogP contribution in [-0.4, -0.2) is 36.0 Å². The first-order valence-corrected chi connectivity index (χ1v) is 10.9. The summed E-state index contributed by atoms with van der Waals surface area (Å²) in [6.07, 6.45) is 0. The van der Waals surface area contributed by atoms with Crippen LogP contribution in [0.5, 0.6) is 0 Å². The third kappa shape index (κ3) is 3.40. The van der Waals surface area contributed by atoms with Gasteiger partial charge >= 0.3 is 0 Å². The molecule has 0 spiro atoms. The molecule has 9 heteroatoms. The van der Waals surface area contributed by atoms with Crippen molar-refractivity contribution in [1.82, 2.24) is 14.4 Å². The zero-order chi connectivity index (χ0) is 21.5. The molecule has 0 saturated carbocycles. The molecule has 7 nitrogen and oxygen atoms in total. The predicted molar refractivity (Wildman–Crippen MR) is 110 cm³/mol. The number of hydrogen-bond donors (Lipinski definition) is 0. The number of furan rings is 1. The van der Waals surface area contributed by atoms with E-state index in [0.29, 0.717) is 40.9 Å². The monoisotopic (exact) mass is 429 g/mol.